The summed E-state index contributed by atoms with van der Waals surface area (Å²) >= 11 is 0. The van der Waals surface area contributed by atoms with Crippen molar-refractivity contribution in [2.75, 3.05) is 5.43 Å². The molecule has 0 saturated heterocycles. The summed E-state index contributed by atoms with van der Waals surface area (Å²) in [5.74, 6) is -0.356. The third-order valence-corrected chi connectivity index (χ3v) is 6.15. The van der Waals surface area contributed by atoms with Crippen molar-refractivity contribution >= 4 is 44.9 Å². The Morgan fingerprint density at radius 1 is 0.944 bits per heavy atom. The molecule has 0 saturated carbocycles. The van der Waals surface area contributed by atoms with Gasteiger partial charge in [0.25, 0.3) is 5.91 Å². The van der Waals surface area contributed by atoms with Crippen molar-refractivity contribution in [1.29, 1.82) is 0 Å². The number of hydrogen-bond donors (Lipinski definition) is 3. The fraction of sp³-hybridized carbons (Fsp3) is 0.0769. The highest BCUT2D eigenvalue weighted by Crippen LogP contribution is 2.18. The van der Waals surface area contributed by atoms with Crippen molar-refractivity contribution in [3.8, 4) is 0 Å². The molecule has 4 aromatic rings. The molecule has 0 aliphatic rings. The van der Waals surface area contributed by atoms with E-state index in [2.05, 4.69) is 26.0 Å². The molecule has 0 fully saturated rings. The highest BCUT2D eigenvalue weighted by atomic mass is 32.2. The lowest BCUT2D eigenvalue weighted by Gasteiger charge is -2.07. The predicted molar refractivity (Wildman–Crippen MR) is 141 cm³/mol. The summed E-state index contributed by atoms with van der Waals surface area (Å²) in [5, 5.41) is 14.0. The number of primary sulfonamides is 1. The molecule has 0 unspecified atom stereocenters. The smallest absolute Gasteiger partial charge is 0.272 e. The highest BCUT2D eigenvalue weighted by molar-refractivity contribution is 7.89. The van der Waals surface area contributed by atoms with Gasteiger partial charge in [0.1, 0.15) is 0 Å². The number of rotatable bonds is 9. The lowest BCUT2D eigenvalue weighted by molar-refractivity contribution is 0.0956. The summed E-state index contributed by atoms with van der Waals surface area (Å²) in [6.45, 7) is 0. The molecule has 3 aromatic carbocycles. The SMILES string of the molecule is NS(=O)(=O)c1ccc(N/N=C/c2cc(C(=O)N/N=C/CCc3ccccc3)c3ccccc3n2)cc1. The Bertz CT molecular complexity index is 1520. The van der Waals surface area contributed by atoms with Crippen molar-refractivity contribution in [2.45, 2.75) is 17.7 Å². The first-order chi connectivity index (χ1) is 17.4. The third-order valence-electron chi connectivity index (χ3n) is 5.22. The third kappa shape index (κ3) is 6.59. The number of sulfonamides is 1. The van der Waals surface area contributed by atoms with Crippen LogP contribution in [0, 0.1) is 0 Å². The van der Waals surface area contributed by atoms with Crippen molar-refractivity contribution < 1.29 is 13.2 Å². The van der Waals surface area contributed by atoms with Crippen LogP contribution in [0.1, 0.15) is 28.0 Å². The topological polar surface area (TPSA) is 139 Å². The summed E-state index contributed by atoms with van der Waals surface area (Å²) < 4.78 is 22.7. The lowest BCUT2D eigenvalue weighted by atomic mass is 10.1. The van der Waals surface area contributed by atoms with E-state index in [-0.39, 0.29) is 10.8 Å². The number of nitrogens with one attached hydrogen (secondary N) is 2. The Kier molecular flexibility index (Phi) is 7.79. The Hall–Kier alpha value is -4.41. The van der Waals surface area contributed by atoms with Crippen LogP contribution in [-0.2, 0) is 16.4 Å². The van der Waals surface area contributed by atoms with Gasteiger partial charge in [-0.05, 0) is 54.8 Å². The number of para-hydroxylation sites is 1. The second-order valence-corrected chi connectivity index (χ2v) is 9.39. The van der Waals surface area contributed by atoms with E-state index in [0.717, 1.165) is 6.42 Å². The molecular weight excluding hydrogens is 476 g/mol. The van der Waals surface area contributed by atoms with E-state index in [1.807, 2.05) is 54.6 Å². The number of carbonyl (C=O) groups is 1. The van der Waals surface area contributed by atoms with Crippen LogP contribution in [0.2, 0.25) is 0 Å². The summed E-state index contributed by atoms with van der Waals surface area (Å²) in [4.78, 5) is 17.4. The second kappa shape index (κ2) is 11.3. The summed E-state index contributed by atoms with van der Waals surface area (Å²) in [5.41, 5.74) is 8.66. The van der Waals surface area contributed by atoms with E-state index in [9.17, 15) is 13.2 Å². The number of nitrogens with two attached hydrogens (primary N) is 1. The van der Waals surface area contributed by atoms with Gasteiger partial charge in [0.2, 0.25) is 10.0 Å². The van der Waals surface area contributed by atoms with Gasteiger partial charge < -0.3 is 0 Å². The van der Waals surface area contributed by atoms with Crippen molar-refractivity contribution in [3.05, 3.63) is 102 Å². The van der Waals surface area contributed by atoms with Gasteiger partial charge in [-0.2, -0.15) is 10.2 Å². The minimum absolute atomic E-state index is 0.00612. The van der Waals surface area contributed by atoms with Gasteiger partial charge >= 0.3 is 0 Å². The maximum Gasteiger partial charge on any atom is 0.272 e. The average Bonchev–Trinajstić information content (AvgIpc) is 2.88. The molecule has 0 spiro atoms. The number of amides is 1. The van der Waals surface area contributed by atoms with Crippen LogP contribution in [0.15, 0.2) is 100 Å². The first-order valence-electron chi connectivity index (χ1n) is 11.1. The normalized spacial score (nSPS) is 11.8. The van der Waals surface area contributed by atoms with Gasteiger partial charge in [0, 0.05) is 11.6 Å². The van der Waals surface area contributed by atoms with E-state index >= 15 is 0 Å². The Morgan fingerprint density at radius 3 is 2.42 bits per heavy atom. The van der Waals surface area contributed by atoms with E-state index < -0.39 is 10.0 Å². The molecule has 0 aliphatic carbocycles. The zero-order valence-corrected chi connectivity index (χ0v) is 20.0. The molecule has 36 heavy (non-hydrogen) atoms. The molecule has 182 valence electrons. The number of aryl methyl sites for hydroxylation is 1. The van der Waals surface area contributed by atoms with E-state index in [0.29, 0.717) is 34.3 Å². The zero-order chi connectivity index (χ0) is 25.4. The fourth-order valence-corrected chi connectivity index (χ4v) is 3.96. The van der Waals surface area contributed by atoms with E-state index in [1.165, 1.54) is 23.9 Å². The molecule has 9 nitrogen and oxygen atoms in total. The number of anilines is 1. The van der Waals surface area contributed by atoms with Crippen LogP contribution >= 0.6 is 0 Å². The van der Waals surface area contributed by atoms with Gasteiger partial charge in [0.15, 0.2) is 0 Å². The van der Waals surface area contributed by atoms with Gasteiger partial charge in [-0.3, -0.25) is 10.2 Å². The van der Waals surface area contributed by atoms with Crippen LogP contribution in [0.5, 0.6) is 0 Å². The first-order valence-corrected chi connectivity index (χ1v) is 12.6. The highest BCUT2D eigenvalue weighted by Gasteiger charge is 2.12. The molecule has 0 atom stereocenters. The minimum atomic E-state index is -3.76. The van der Waals surface area contributed by atoms with Gasteiger partial charge in [-0.1, -0.05) is 48.5 Å². The number of benzene rings is 3. The van der Waals surface area contributed by atoms with Crippen LogP contribution in [-0.4, -0.2) is 31.7 Å². The molecule has 0 bridgehead atoms. The fourth-order valence-electron chi connectivity index (χ4n) is 3.45. The molecule has 0 radical (unpaired) electrons. The minimum Gasteiger partial charge on any atom is -0.278 e. The maximum atomic E-state index is 12.9. The zero-order valence-electron chi connectivity index (χ0n) is 19.2. The van der Waals surface area contributed by atoms with Crippen LogP contribution in [0.25, 0.3) is 10.9 Å². The standard InChI is InChI=1S/C26H24N6O3S/c27-36(34,35)22-14-12-20(13-15-22)31-29-18-21-17-24(23-10-4-5-11-25(23)30-21)26(33)32-28-16-6-9-19-7-2-1-3-8-19/h1-5,7-8,10-18,31H,6,9H2,(H,32,33)(H2,27,34,35)/b28-16+,29-18+. The summed E-state index contributed by atoms with van der Waals surface area (Å²) in [7, 11) is -3.76. The van der Waals surface area contributed by atoms with Crippen LogP contribution in [0.4, 0.5) is 5.69 Å². The molecule has 4 rings (SSSR count). The Balaban J connectivity index is 1.44. The molecule has 1 amide bonds. The van der Waals surface area contributed by atoms with Gasteiger partial charge in [-0.25, -0.2) is 24.0 Å². The molecule has 1 heterocycles. The van der Waals surface area contributed by atoms with Crippen molar-refractivity contribution in [3.63, 3.8) is 0 Å². The van der Waals surface area contributed by atoms with Crippen molar-refractivity contribution in [2.24, 2.45) is 15.3 Å². The van der Waals surface area contributed by atoms with Crippen molar-refractivity contribution in [1.82, 2.24) is 10.4 Å². The number of aromatic nitrogens is 1. The molecule has 0 aliphatic heterocycles. The number of fused-ring (bicyclic) bond motifs is 1. The summed E-state index contributed by atoms with van der Waals surface area (Å²) in [6, 6.07) is 24.8. The van der Waals surface area contributed by atoms with Gasteiger partial charge in [-0.15, -0.1) is 0 Å². The lowest BCUT2D eigenvalue weighted by Crippen LogP contribution is -2.18. The largest absolute Gasteiger partial charge is 0.278 e. The number of hydrazone groups is 2. The summed E-state index contributed by atoms with van der Waals surface area (Å²) in [6.07, 6.45) is 4.68. The van der Waals surface area contributed by atoms with E-state index in [4.69, 9.17) is 5.14 Å². The predicted octanol–water partition coefficient (Wildman–Crippen LogP) is 3.68. The monoisotopic (exact) mass is 500 g/mol. The number of pyridine rings is 1. The van der Waals surface area contributed by atoms with Crippen LogP contribution in [0.3, 0.4) is 0 Å². The molecule has 4 N–H and O–H groups in total. The molecule has 1 aromatic heterocycles. The van der Waals surface area contributed by atoms with E-state index in [1.54, 1.807) is 24.4 Å². The van der Waals surface area contributed by atoms with Crippen LogP contribution < -0.4 is 16.0 Å². The number of nitrogens with zero attached hydrogens (tertiary/aromatic N) is 3. The average molecular weight is 501 g/mol. The number of carbonyl (C=O) groups excluding carboxylic acids is 1. The second-order valence-electron chi connectivity index (χ2n) is 7.83. The van der Waals surface area contributed by atoms with Gasteiger partial charge in [0.05, 0.1) is 33.6 Å². The Labute approximate surface area is 208 Å². The molecular formula is C26H24N6O3S. The first kappa shape index (κ1) is 24.7. The molecule has 10 heteroatoms. The number of hydrogen-bond acceptors (Lipinski definition) is 7. The Morgan fingerprint density at radius 2 is 1.67 bits per heavy atom. The quantitative estimate of drug-likeness (QED) is 0.238. The maximum absolute atomic E-state index is 12.9.